The summed E-state index contributed by atoms with van der Waals surface area (Å²) in [6.07, 6.45) is 0.890. The van der Waals surface area contributed by atoms with Crippen LogP contribution in [0.4, 0.5) is 10.1 Å². The summed E-state index contributed by atoms with van der Waals surface area (Å²) < 4.78 is 14.3. The van der Waals surface area contributed by atoms with Crippen molar-refractivity contribution in [2.24, 2.45) is 11.7 Å². The molecule has 1 aromatic carbocycles. The van der Waals surface area contributed by atoms with E-state index in [0.29, 0.717) is 10.4 Å². The summed E-state index contributed by atoms with van der Waals surface area (Å²) in [5, 5.41) is 2.60. The first-order chi connectivity index (χ1) is 9.45. The number of hydrogen-bond donors (Lipinski definition) is 2. The first kappa shape index (κ1) is 18.4. The molecule has 4 nitrogen and oxygen atoms in total. The average Bonchev–Trinajstić information content (AvgIpc) is 2.37. The van der Waals surface area contributed by atoms with Crippen molar-refractivity contribution in [3.05, 3.63) is 28.5 Å². The van der Waals surface area contributed by atoms with Crippen LogP contribution in [-0.2, 0) is 4.79 Å². The van der Waals surface area contributed by atoms with E-state index in [-0.39, 0.29) is 36.6 Å². The number of piperidine rings is 1. The topological polar surface area (TPSA) is 58.4 Å². The van der Waals surface area contributed by atoms with Crippen molar-refractivity contribution in [2.75, 3.05) is 25.0 Å². The highest BCUT2D eigenvalue weighted by atomic mass is 79.9. The highest BCUT2D eigenvalue weighted by Gasteiger charge is 2.24. The van der Waals surface area contributed by atoms with Gasteiger partial charge in [-0.15, -0.1) is 12.4 Å². The molecule has 7 heteroatoms. The van der Waals surface area contributed by atoms with Gasteiger partial charge in [0.05, 0.1) is 12.2 Å². The molecule has 3 N–H and O–H groups in total. The highest BCUT2D eigenvalue weighted by Crippen LogP contribution is 2.19. The Morgan fingerprint density at radius 2 is 2.29 bits per heavy atom. The number of amides is 1. The first-order valence-electron chi connectivity index (χ1n) is 6.68. The lowest BCUT2D eigenvalue weighted by Crippen LogP contribution is -2.48. The summed E-state index contributed by atoms with van der Waals surface area (Å²) in [4.78, 5) is 14.0. The number of carbonyl (C=O) groups is 1. The molecule has 0 radical (unpaired) electrons. The van der Waals surface area contributed by atoms with E-state index in [1.165, 1.54) is 6.07 Å². The minimum Gasteiger partial charge on any atom is -0.327 e. The molecule has 1 aliphatic heterocycles. The summed E-state index contributed by atoms with van der Waals surface area (Å²) in [6, 6.07) is 4.78. The van der Waals surface area contributed by atoms with Crippen LogP contribution in [0.25, 0.3) is 0 Å². The largest absolute Gasteiger partial charge is 0.327 e. The summed E-state index contributed by atoms with van der Waals surface area (Å²) in [6.45, 7) is 3.97. The lowest BCUT2D eigenvalue weighted by Gasteiger charge is -2.34. The number of nitrogens with two attached hydrogens (primary N) is 1. The van der Waals surface area contributed by atoms with Gasteiger partial charge in [-0.1, -0.05) is 22.9 Å². The van der Waals surface area contributed by atoms with Gasteiger partial charge >= 0.3 is 0 Å². The molecule has 0 aromatic heterocycles. The molecule has 0 saturated carbocycles. The van der Waals surface area contributed by atoms with Gasteiger partial charge in [-0.25, -0.2) is 4.39 Å². The van der Waals surface area contributed by atoms with Crippen molar-refractivity contribution in [2.45, 2.75) is 19.4 Å². The van der Waals surface area contributed by atoms with Crippen molar-refractivity contribution >= 4 is 39.9 Å². The number of carbonyl (C=O) groups excluding carboxylic acids is 1. The number of benzene rings is 1. The van der Waals surface area contributed by atoms with Crippen molar-refractivity contribution in [1.29, 1.82) is 0 Å². The van der Waals surface area contributed by atoms with Crippen molar-refractivity contribution in [3.8, 4) is 0 Å². The lowest BCUT2D eigenvalue weighted by molar-refractivity contribution is -0.117. The van der Waals surface area contributed by atoms with Gasteiger partial charge in [0.15, 0.2) is 0 Å². The Morgan fingerprint density at radius 3 is 2.90 bits per heavy atom. The van der Waals surface area contributed by atoms with Crippen LogP contribution in [0, 0.1) is 11.7 Å². The second-order valence-corrected chi connectivity index (χ2v) is 6.25. The molecule has 1 fully saturated rings. The first-order valence-corrected chi connectivity index (χ1v) is 7.48. The van der Waals surface area contributed by atoms with Crippen molar-refractivity contribution < 1.29 is 9.18 Å². The number of nitrogens with zero attached hydrogens (tertiary/aromatic N) is 1. The minimum atomic E-state index is -0.443. The number of hydrogen-bond acceptors (Lipinski definition) is 3. The Labute approximate surface area is 138 Å². The summed E-state index contributed by atoms with van der Waals surface area (Å²) in [5.74, 6) is -0.267. The van der Waals surface area contributed by atoms with Gasteiger partial charge in [-0.05, 0) is 30.5 Å². The number of likely N-dealkylation sites (tertiary alicyclic amines) is 1. The zero-order chi connectivity index (χ0) is 14.7. The lowest BCUT2D eigenvalue weighted by atomic mass is 9.95. The summed E-state index contributed by atoms with van der Waals surface area (Å²) >= 11 is 3.18. The third kappa shape index (κ3) is 5.21. The summed E-state index contributed by atoms with van der Waals surface area (Å²) in [5.41, 5.74) is 6.16. The van der Waals surface area contributed by atoms with Gasteiger partial charge in [0.25, 0.3) is 0 Å². The normalized spacial score (nSPS) is 22.5. The number of halogens is 3. The zero-order valence-corrected chi connectivity index (χ0v) is 14.2. The molecule has 2 atom stereocenters. The van der Waals surface area contributed by atoms with E-state index in [1.807, 2.05) is 0 Å². The molecule has 1 amide bonds. The molecule has 0 spiro atoms. The van der Waals surface area contributed by atoms with E-state index in [0.717, 1.165) is 19.5 Å². The number of nitrogens with one attached hydrogen (secondary N) is 1. The fraction of sp³-hybridized carbons (Fsp3) is 0.500. The molecule has 1 heterocycles. The Morgan fingerprint density at radius 1 is 1.57 bits per heavy atom. The number of anilines is 1. The van der Waals surface area contributed by atoms with Crippen LogP contribution in [0.1, 0.15) is 13.3 Å². The predicted octanol–water partition coefficient (Wildman–Crippen LogP) is 2.62. The molecule has 21 heavy (non-hydrogen) atoms. The van der Waals surface area contributed by atoms with E-state index in [9.17, 15) is 9.18 Å². The van der Waals surface area contributed by atoms with Gasteiger partial charge in [0.1, 0.15) is 5.82 Å². The Balaban J connectivity index is 0.00000220. The van der Waals surface area contributed by atoms with E-state index in [1.54, 1.807) is 12.1 Å². The third-order valence-corrected chi connectivity index (χ3v) is 4.12. The Hall–Kier alpha value is -0.690. The van der Waals surface area contributed by atoms with Crippen molar-refractivity contribution in [1.82, 2.24) is 4.90 Å². The maximum atomic E-state index is 13.6. The average molecular weight is 381 g/mol. The minimum absolute atomic E-state index is 0. The second-order valence-electron chi connectivity index (χ2n) is 5.34. The Bertz CT molecular complexity index is 503. The third-order valence-electron chi connectivity index (χ3n) is 3.63. The van der Waals surface area contributed by atoms with E-state index < -0.39 is 5.82 Å². The molecule has 1 aliphatic rings. The van der Waals surface area contributed by atoms with Gasteiger partial charge in [-0.2, -0.15) is 0 Å². The van der Waals surface area contributed by atoms with Gasteiger partial charge in [0, 0.05) is 23.6 Å². The molecule has 118 valence electrons. The number of rotatable bonds is 3. The predicted molar refractivity (Wildman–Crippen MR) is 88.2 cm³/mol. The molecule has 1 saturated heterocycles. The van der Waals surface area contributed by atoms with Crippen LogP contribution in [-0.4, -0.2) is 36.5 Å². The molecule has 1 aromatic rings. The van der Waals surface area contributed by atoms with Crippen LogP contribution in [0.3, 0.4) is 0 Å². The standard InChI is InChI=1S/C14H19BrFN3O.ClH/c1-9-7-19(5-4-12(9)17)8-14(20)18-13-3-2-10(15)6-11(13)16;/h2-3,6,9,12H,4-5,7-8,17H2,1H3,(H,18,20);1H. The fourth-order valence-electron chi connectivity index (χ4n) is 2.38. The van der Waals surface area contributed by atoms with Crippen molar-refractivity contribution in [3.63, 3.8) is 0 Å². The van der Waals surface area contributed by atoms with E-state index >= 15 is 0 Å². The maximum absolute atomic E-state index is 13.6. The van der Waals surface area contributed by atoms with Crippen LogP contribution in [0.2, 0.25) is 0 Å². The fourth-order valence-corrected chi connectivity index (χ4v) is 2.71. The quantitative estimate of drug-likeness (QED) is 0.847. The van der Waals surface area contributed by atoms with Crippen LogP contribution < -0.4 is 11.1 Å². The second kappa shape index (κ2) is 8.08. The molecule has 2 rings (SSSR count). The maximum Gasteiger partial charge on any atom is 0.238 e. The highest BCUT2D eigenvalue weighted by molar-refractivity contribution is 9.10. The molecule has 2 unspecified atom stereocenters. The molecule has 0 aliphatic carbocycles. The van der Waals surface area contributed by atoms with E-state index in [4.69, 9.17) is 5.73 Å². The smallest absolute Gasteiger partial charge is 0.238 e. The van der Waals surface area contributed by atoms with Gasteiger partial charge in [-0.3, -0.25) is 9.69 Å². The monoisotopic (exact) mass is 379 g/mol. The van der Waals surface area contributed by atoms with Crippen LogP contribution >= 0.6 is 28.3 Å². The van der Waals surface area contributed by atoms with E-state index in [2.05, 4.69) is 33.1 Å². The SMILES string of the molecule is CC1CN(CC(=O)Nc2ccc(Br)cc2F)CCC1N.Cl. The Kier molecular flexibility index (Phi) is 7.06. The molecular weight excluding hydrogens is 361 g/mol. The summed E-state index contributed by atoms with van der Waals surface area (Å²) in [7, 11) is 0. The van der Waals surface area contributed by atoms with Crippen LogP contribution in [0.5, 0.6) is 0 Å². The zero-order valence-electron chi connectivity index (χ0n) is 11.8. The molecular formula is C14H20BrClFN3O. The molecule has 0 bridgehead atoms. The van der Waals surface area contributed by atoms with Gasteiger partial charge in [0.2, 0.25) is 5.91 Å². The van der Waals surface area contributed by atoms with Gasteiger partial charge < -0.3 is 11.1 Å². The van der Waals surface area contributed by atoms with Crippen LogP contribution in [0.15, 0.2) is 22.7 Å².